The summed E-state index contributed by atoms with van der Waals surface area (Å²) < 4.78 is 6.58. The molecule has 1 aliphatic heterocycles. The Hall–Kier alpha value is -0.690. The van der Waals surface area contributed by atoms with Crippen LogP contribution in [0.1, 0.15) is 5.56 Å². The van der Waals surface area contributed by atoms with Gasteiger partial charge in [-0.05, 0) is 23.8 Å². The van der Waals surface area contributed by atoms with Crippen LogP contribution in [0, 0.1) is 0 Å². The van der Waals surface area contributed by atoms with Crippen molar-refractivity contribution in [1.29, 1.82) is 0 Å². The summed E-state index contributed by atoms with van der Waals surface area (Å²) in [6.45, 7) is 0.983. The van der Waals surface area contributed by atoms with Crippen molar-refractivity contribution in [1.82, 2.24) is 4.90 Å². The first-order valence-electron chi connectivity index (χ1n) is 5.61. The van der Waals surface area contributed by atoms with Crippen LogP contribution in [0.4, 0.5) is 0 Å². The monoisotopic (exact) mass is 357 g/mol. The fraction of sp³-hybridized carbons (Fsp3) is 0.231. The average Bonchev–Trinajstić information content (AvgIpc) is 2.65. The molecule has 1 fully saturated rings. The molecule has 3 nitrogen and oxygen atoms in total. The molecule has 1 aromatic carbocycles. The van der Waals surface area contributed by atoms with Crippen LogP contribution in [0.5, 0.6) is 0 Å². The number of halogens is 1. The first-order chi connectivity index (χ1) is 9.11. The van der Waals surface area contributed by atoms with E-state index in [4.69, 9.17) is 17.0 Å². The van der Waals surface area contributed by atoms with Crippen LogP contribution in [-0.2, 0) is 9.53 Å². The first-order valence-corrected chi connectivity index (χ1v) is 7.63. The SMILES string of the molecule is COCCN1C(=O)/C(=C/c2ccc(Br)cc2)SC1=S. The van der Waals surface area contributed by atoms with E-state index in [1.807, 2.05) is 30.3 Å². The van der Waals surface area contributed by atoms with Gasteiger partial charge in [-0.1, -0.05) is 52.0 Å². The topological polar surface area (TPSA) is 29.5 Å². The van der Waals surface area contributed by atoms with Crippen LogP contribution in [-0.4, -0.2) is 35.4 Å². The van der Waals surface area contributed by atoms with Crippen molar-refractivity contribution in [3.05, 3.63) is 39.2 Å². The molecule has 0 aliphatic carbocycles. The molecular formula is C13H12BrNO2S2. The lowest BCUT2D eigenvalue weighted by Crippen LogP contribution is -2.31. The molecule has 100 valence electrons. The van der Waals surface area contributed by atoms with Crippen LogP contribution in [0.2, 0.25) is 0 Å². The normalized spacial score (nSPS) is 17.6. The van der Waals surface area contributed by atoms with E-state index in [0.717, 1.165) is 10.0 Å². The Bertz CT molecular complexity index is 528. The Balaban J connectivity index is 2.16. The maximum absolute atomic E-state index is 12.2. The summed E-state index contributed by atoms with van der Waals surface area (Å²) in [4.78, 5) is 14.4. The molecule has 1 saturated heterocycles. The molecule has 19 heavy (non-hydrogen) atoms. The van der Waals surface area contributed by atoms with Gasteiger partial charge in [0.05, 0.1) is 18.1 Å². The van der Waals surface area contributed by atoms with E-state index in [0.29, 0.717) is 22.4 Å². The van der Waals surface area contributed by atoms with Gasteiger partial charge in [-0.3, -0.25) is 9.69 Å². The third-order valence-electron chi connectivity index (χ3n) is 2.56. The number of carbonyl (C=O) groups excluding carboxylic acids is 1. The lowest BCUT2D eigenvalue weighted by atomic mass is 10.2. The van der Waals surface area contributed by atoms with Crippen LogP contribution in [0.15, 0.2) is 33.6 Å². The van der Waals surface area contributed by atoms with E-state index in [-0.39, 0.29) is 5.91 Å². The Morgan fingerprint density at radius 3 is 2.74 bits per heavy atom. The highest BCUT2D eigenvalue weighted by molar-refractivity contribution is 9.10. The van der Waals surface area contributed by atoms with Crippen LogP contribution in [0.3, 0.4) is 0 Å². The molecule has 0 bridgehead atoms. The Morgan fingerprint density at radius 2 is 2.11 bits per heavy atom. The van der Waals surface area contributed by atoms with Crippen LogP contribution >= 0.6 is 39.9 Å². The molecule has 6 heteroatoms. The number of methoxy groups -OCH3 is 1. The molecule has 0 unspecified atom stereocenters. The van der Waals surface area contributed by atoms with E-state index >= 15 is 0 Å². The molecule has 0 aromatic heterocycles. The van der Waals surface area contributed by atoms with Gasteiger partial charge in [0.15, 0.2) is 0 Å². The number of amides is 1. The summed E-state index contributed by atoms with van der Waals surface area (Å²) in [5.74, 6) is -0.0463. The van der Waals surface area contributed by atoms with Gasteiger partial charge in [-0.25, -0.2) is 0 Å². The largest absolute Gasteiger partial charge is 0.383 e. The maximum Gasteiger partial charge on any atom is 0.266 e. The number of thiocarbonyl (C=S) groups is 1. The van der Waals surface area contributed by atoms with Crippen molar-refractivity contribution >= 4 is 56.2 Å². The van der Waals surface area contributed by atoms with Gasteiger partial charge < -0.3 is 4.74 Å². The smallest absolute Gasteiger partial charge is 0.266 e. The molecule has 1 aromatic rings. The molecule has 1 aliphatic rings. The number of hydrogen-bond acceptors (Lipinski definition) is 4. The molecule has 0 spiro atoms. The minimum atomic E-state index is -0.0463. The highest BCUT2D eigenvalue weighted by atomic mass is 79.9. The number of nitrogens with zero attached hydrogens (tertiary/aromatic N) is 1. The zero-order valence-corrected chi connectivity index (χ0v) is 13.5. The molecule has 0 atom stereocenters. The second-order valence-electron chi connectivity index (χ2n) is 3.88. The molecule has 1 heterocycles. The van der Waals surface area contributed by atoms with E-state index in [1.54, 1.807) is 12.0 Å². The number of carbonyl (C=O) groups is 1. The van der Waals surface area contributed by atoms with Gasteiger partial charge in [0, 0.05) is 11.6 Å². The highest BCUT2D eigenvalue weighted by Crippen LogP contribution is 2.32. The van der Waals surface area contributed by atoms with Crippen molar-refractivity contribution in [3.8, 4) is 0 Å². The fourth-order valence-electron chi connectivity index (χ4n) is 1.59. The van der Waals surface area contributed by atoms with Crippen molar-refractivity contribution < 1.29 is 9.53 Å². The predicted octanol–water partition coefficient (Wildman–Crippen LogP) is 3.30. The third kappa shape index (κ3) is 3.66. The van der Waals surface area contributed by atoms with E-state index in [1.165, 1.54) is 11.8 Å². The second kappa shape index (κ2) is 6.65. The molecule has 0 saturated carbocycles. The van der Waals surface area contributed by atoms with E-state index in [9.17, 15) is 4.79 Å². The van der Waals surface area contributed by atoms with Gasteiger partial charge >= 0.3 is 0 Å². The van der Waals surface area contributed by atoms with Crippen molar-refractivity contribution in [2.75, 3.05) is 20.3 Å². The summed E-state index contributed by atoms with van der Waals surface area (Å²) >= 11 is 9.92. The van der Waals surface area contributed by atoms with Crippen molar-refractivity contribution in [2.45, 2.75) is 0 Å². The summed E-state index contributed by atoms with van der Waals surface area (Å²) in [5, 5.41) is 0. The van der Waals surface area contributed by atoms with Gasteiger partial charge in [-0.15, -0.1) is 0 Å². The molecule has 0 N–H and O–H groups in total. The minimum Gasteiger partial charge on any atom is -0.383 e. The van der Waals surface area contributed by atoms with Gasteiger partial charge in [0.25, 0.3) is 5.91 Å². The van der Waals surface area contributed by atoms with Crippen molar-refractivity contribution in [3.63, 3.8) is 0 Å². The Morgan fingerprint density at radius 1 is 1.42 bits per heavy atom. The van der Waals surface area contributed by atoms with Crippen LogP contribution < -0.4 is 0 Å². The standard InChI is InChI=1S/C13H12BrNO2S2/c1-17-7-6-15-12(16)11(19-13(15)18)8-9-2-4-10(14)5-3-9/h2-5,8H,6-7H2,1H3/b11-8-. The Kier molecular flexibility index (Phi) is 5.15. The number of ether oxygens (including phenoxy) is 1. The molecular weight excluding hydrogens is 346 g/mol. The van der Waals surface area contributed by atoms with Crippen LogP contribution in [0.25, 0.3) is 6.08 Å². The van der Waals surface area contributed by atoms with Gasteiger partial charge in [0.1, 0.15) is 4.32 Å². The second-order valence-corrected chi connectivity index (χ2v) is 6.47. The first kappa shape index (κ1) is 14.7. The summed E-state index contributed by atoms with van der Waals surface area (Å²) in [7, 11) is 1.61. The highest BCUT2D eigenvalue weighted by Gasteiger charge is 2.31. The number of hydrogen-bond donors (Lipinski definition) is 0. The van der Waals surface area contributed by atoms with Gasteiger partial charge in [0.2, 0.25) is 0 Å². The lowest BCUT2D eigenvalue weighted by Gasteiger charge is -2.12. The van der Waals surface area contributed by atoms with Gasteiger partial charge in [-0.2, -0.15) is 0 Å². The number of rotatable bonds is 4. The molecule has 2 rings (SSSR count). The minimum absolute atomic E-state index is 0.0463. The number of thioether (sulfide) groups is 1. The van der Waals surface area contributed by atoms with Crippen molar-refractivity contribution in [2.24, 2.45) is 0 Å². The van der Waals surface area contributed by atoms with E-state index in [2.05, 4.69) is 15.9 Å². The quantitative estimate of drug-likeness (QED) is 0.610. The summed E-state index contributed by atoms with van der Waals surface area (Å²) in [6.07, 6.45) is 1.86. The number of benzene rings is 1. The third-order valence-corrected chi connectivity index (χ3v) is 4.47. The Labute approximate surface area is 130 Å². The maximum atomic E-state index is 12.2. The van der Waals surface area contributed by atoms with E-state index < -0.39 is 0 Å². The lowest BCUT2D eigenvalue weighted by molar-refractivity contribution is -0.122. The zero-order chi connectivity index (χ0) is 13.8. The zero-order valence-electron chi connectivity index (χ0n) is 10.3. The average molecular weight is 358 g/mol. The molecule has 0 radical (unpaired) electrons. The fourth-order valence-corrected chi connectivity index (χ4v) is 3.16. The predicted molar refractivity (Wildman–Crippen MR) is 85.9 cm³/mol. The molecule has 1 amide bonds. The summed E-state index contributed by atoms with van der Waals surface area (Å²) in [5.41, 5.74) is 0.982. The summed E-state index contributed by atoms with van der Waals surface area (Å²) in [6, 6.07) is 7.78.